The Morgan fingerprint density at radius 1 is 1.29 bits per heavy atom. The maximum atomic E-state index is 15.3. The third kappa shape index (κ3) is 3.44. The molecule has 1 aliphatic carbocycles. The molecule has 28 heavy (non-hydrogen) atoms. The standard InChI is InChI=1S/C20H25F3N4O/c1-19(2,3)9-15(28)25-18-24-13-7-8-14(26-10-20(22,23)11-26)16(21)17(13)27(18)12-5-4-6-12/h7-8,12H,4-6,9-11H2,1-3H3,(H,24,25,28). The number of benzene rings is 1. The molecule has 2 fully saturated rings. The third-order valence-corrected chi connectivity index (χ3v) is 5.34. The van der Waals surface area contributed by atoms with E-state index in [2.05, 4.69) is 10.3 Å². The average Bonchev–Trinajstić information content (AvgIpc) is 2.80. The fraction of sp³-hybridized carbons (Fsp3) is 0.600. The minimum Gasteiger partial charge on any atom is -0.357 e. The smallest absolute Gasteiger partial charge is 0.282 e. The Balaban J connectivity index is 1.72. The van der Waals surface area contributed by atoms with Crippen molar-refractivity contribution in [2.45, 2.75) is 58.4 Å². The second-order valence-electron chi connectivity index (χ2n) is 9.15. The van der Waals surface area contributed by atoms with Crippen LogP contribution in [0.5, 0.6) is 0 Å². The topological polar surface area (TPSA) is 50.2 Å². The molecule has 152 valence electrons. The average molecular weight is 394 g/mol. The molecular weight excluding hydrogens is 369 g/mol. The number of nitrogens with one attached hydrogen (secondary N) is 1. The Bertz CT molecular complexity index is 920. The number of alkyl halides is 2. The molecule has 1 aliphatic heterocycles. The minimum atomic E-state index is -2.78. The van der Waals surface area contributed by atoms with Crippen LogP contribution in [0.25, 0.3) is 11.0 Å². The van der Waals surface area contributed by atoms with Gasteiger partial charge in [0.1, 0.15) is 5.52 Å². The lowest BCUT2D eigenvalue weighted by Crippen LogP contribution is -2.56. The van der Waals surface area contributed by atoms with Gasteiger partial charge in [-0.25, -0.2) is 18.2 Å². The highest BCUT2D eigenvalue weighted by Gasteiger charge is 2.45. The normalized spacial score (nSPS) is 19.4. The molecule has 4 rings (SSSR count). The fourth-order valence-electron chi connectivity index (χ4n) is 3.80. The van der Waals surface area contributed by atoms with E-state index >= 15 is 4.39 Å². The predicted molar refractivity (Wildman–Crippen MR) is 102 cm³/mol. The van der Waals surface area contributed by atoms with Crippen LogP contribution in [0.3, 0.4) is 0 Å². The summed E-state index contributed by atoms with van der Waals surface area (Å²) in [5.41, 5.74) is 0.680. The van der Waals surface area contributed by atoms with Crippen molar-refractivity contribution in [3.63, 3.8) is 0 Å². The molecule has 8 heteroatoms. The van der Waals surface area contributed by atoms with E-state index in [0.717, 1.165) is 19.3 Å². The first-order valence-corrected chi connectivity index (χ1v) is 9.67. The fourth-order valence-corrected chi connectivity index (χ4v) is 3.80. The minimum absolute atomic E-state index is 0.0533. The highest BCUT2D eigenvalue weighted by molar-refractivity contribution is 5.92. The Labute approximate surface area is 161 Å². The second kappa shape index (κ2) is 6.39. The molecular formula is C20H25F3N4O. The number of fused-ring (bicyclic) bond motifs is 1. The van der Waals surface area contributed by atoms with E-state index in [4.69, 9.17) is 0 Å². The lowest BCUT2D eigenvalue weighted by Gasteiger charge is -2.40. The van der Waals surface area contributed by atoms with Gasteiger partial charge in [0, 0.05) is 12.5 Å². The van der Waals surface area contributed by atoms with Crippen LogP contribution in [0, 0.1) is 11.2 Å². The van der Waals surface area contributed by atoms with Crippen molar-refractivity contribution in [1.29, 1.82) is 0 Å². The lowest BCUT2D eigenvalue weighted by atomic mass is 9.92. The van der Waals surface area contributed by atoms with Gasteiger partial charge in [-0.2, -0.15) is 0 Å². The summed E-state index contributed by atoms with van der Waals surface area (Å²) in [5, 5.41) is 2.84. The maximum absolute atomic E-state index is 15.3. The molecule has 2 heterocycles. The summed E-state index contributed by atoms with van der Waals surface area (Å²) >= 11 is 0. The highest BCUT2D eigenvalue weighted by atomic mass is 19.3. The van der Waals surface area contributed by atoms with Gasteiger partial charge >= 0.3 is 0 Å². The number of carbonyl (C=O) groups excluding carboxylic acids is 1. The largest absolute Gasteiger partial charge is 0.357 e. The van der Waals surface area contributed by atoms with Crippen LogP contribution in [0.15, 0.2) is 12.1 Å². The number of hydrogen-bond donors (Lipinski definition) is 1. The number of carbonyl (C=O) groups is 1. The SMILES string of the molecule is CC(C)(C)CC(=O)Nc1nc2ccc(N3CC(F)(F)C3)c(F)c2n1C1CCC1. The van der Waals surface area contributed by atoms with Crippen molar-refractivity contribution in [1.82, 2.24) is 9.55 Å². The van der Waals surface area contributed by atoms with E-state index in [1.54, 1.807) is 10.6 Å². The van der Waals surface area contributed by atoms with Crippen LogP contribution in [0.1, 0.15) is 52.5 Å². The number of anilines is 2. The van der Waals surface area contributed by atoms with Gasteiger partial charge in [-0.15, -0.1) is 0 Å². The van der Waals surface area contributed by atoms with Crippen molar-refractivity contribution in [2.75, 3.05) is 23.3 Å². The van der Waals surface area contributed by atoms with Gasteiger partial charge in [0.05, 0.1) is 24.3 Å². The van der Waals surface area contributed by atoms with Gasteiger partial charge in [-0.3, -0.25) is 10.1 Å². The number of imidazole rings is 1. The Kier molecular flexibility index (Phi) is 4.35. The second-order valence-corrected chi connectivity index (χ2v) is 9.15. The molecule has 0 radical (unpaired) electrons. The summed E-state index contributed by atoms with van der Waals surface area (Å²) in [6.07, 6.45) is 3.09. The zero-order valence-electron chi connectivity index (χ0n) is 16.4. The summed E-state index contributed by atoms with van der Waals surface area (Å²) in [6, 6.07) is 3.18. The number of hydrogen-bond acceptors (Lipinski definition) is 3. The Hall–Kier alpha value is -2.25. The van der Waals surface area contributed by atoms with E-state index in [1.165, 1.54) is 11.0 Å². The van der Waals surface area contributed by atoms with Crippen molar-refractivity contribution in [3.05, 3.63) is 17.9 Å². The van der Waals surface area contributed by atoms with Crippen LogP contribution >= 0.6 is 0 Å². The van der Waals surface area contributed by atoms with Gasteiger partial charge < -0.3 is 9.47 Å². The van der Waals surface area contributed by atoms with E-state index in [1.807, 2.05) is 20.8 Å². The highest BCUT2D eigenvalue weighted by Crippen LogP contribution is 2.41. The number of amides is 1. The molecule has 1 aromatic carbocycles. The predicted octanol–water partition coefficient (Wildman–Crippen LogP) is 4.73. The number of aromatic nitrogens is 2. The molecule has 5 nitrogen and oxygen atoms in total. The number of rotatable bonds is 4. The van der Waals surface area contributed by atoms with Gasteiger partial charge in [0.2, 0.25) is 11.9 Å². The van der Waals surface area contributed by atoms with Gasteiger partial charge in [-0.05, 0) is 36.8 Å². The molecule has 0 bridgehead atoms. The van der Waals surface area contributed by atoms with Crippen LogP contribution in [0.2, 0.25) is 0 Å². The Morgan fingerprint density at radius 2 is 1.96 bits per heavy atom. The molecule has 1 saturated heterocycles. The van der Waals surface area contributed by atoms with E-state index in [0.29, 0.717) is 17.9 Å². The molecule has 2 aliphatic rings. The summed E-state index contributed by atoms with van der Waals surface area (Å²) in [5.74, 6) is -3.17. The first-order valence-electron chi connectivity index (χ1n) is 9.67. The maximum Gasteiger partial charge on any atom is 0.282 e. The summed E-state index contributed by atoms with van der Waals surface area (Å²) < 4.78 is 43.6. The lowest BCUT2D eigenvalue weighted by molar-refractivity contribution is -0.117. The first-order chi connectivity index (χ1) is 13.0. The molecule has 1 N–H and O–H groups in total. The summed E-state index contributed by atoms with van der Waals surface area (Å²) in [4.78, 5) is 18.2. The van der Waals surface area contributed by atoms with Crippen molar-refractivity contribution < 1.29 is 18.0 Å². The van der Waals surface area contributed by atoms with Crippen LogP contribution in [-0.4, -0.2) is 34.5 Å². The molecule has 0 unspecified atom stereocenters. The first kappa shape index (κ1) is 19.1. The molecule has 1 aromatic heterocycles. The van der Waals surface area contributed by atoms with E-state index in [-0.39, 0.29) is 28.6 Å². The number of nitrogens with zero attached hydrogens (tertiary/aromatic N) is 3. The van der Waals surface area contributed by atoms with E-state index < -0.39 is 24.8 Å². The molecule has 1 saturated carbocycles. The third-order valence-electron chi connectivity index (χ3n) is 5.34. The Morgan fingerprint density at radius 3 is 2.50 bits per heavy atom. The summed E-state index contributed by atoms with van der Waals surface area (Å²) in [7, 11) is 0. The van der Waals surface area contributed by atoms with Crippen LogP contribution in [0.4, 0.5) is 24.8 Å². The molecule has 0 spiro atoms. The van der Waals surface area contributed by atoms with Crippen LogP contribution < -0.4 is 10.2 Å². The van der Waals surface area contributed by atoms with Crippen molar-refractivity contribution >= 4 is 28.6 Å². The quantitative estimate of drug-likeness (QED) is 0.816. The molecule has 1 amide bonds. The van der Waals surface area contributed by atoms with Crippen LogP contribution in [-0.2, 0) is 4.79 Å². The van der Waals surface area contributed by atoms with Crippen molar-refractivity contribution in [2.24, 2.45) is 5.41 Å². The molecule has 2 aromatic rings. The zero-order valence-corrected chi connectivity index (χ0v) is 16.4. The van der Waals surface area contributed by atoms with Gasteiger partial charge in [0.15, 0.2) is 5.82 Å². The van der Waals surface area contributed by atoms with Gasteiger partial charge in [0.25, 0.3) is 5.92 Å². The summed E-state index contributed by atoms with van der Waals surface area (Å²) in [6.45, 7) is 4.94. The molecule has 0 atom stereocenters. The van der Waals surface area contributed by atoms with E-state index in [9.17, 15) is 13.6 Å². The van der Waals surface area contributed by atoms with Crippen molar-refractivity contribution in [3.8, 4) is 0 Å². The zero-order chi connectivity index (χ0) is 20.3. The number of halogens is 3. The monoisotopic (exact) mass is 394 g/mol. The van der Waals surface area contributed by atoms with Gasteiger partial charge in [-0.1, -0.05) is 20.8 Å².